The highest BCUT2D eigenvalue weighted by Crippen LogP contribution is 2.28. The lowest BCUT2D eigenvalue weighted by Gasteiger charge is -2.25. The van der Waals surface area contributed by atoms with E-state index >= 15 is 0 Å². The van der Waals surface area contributed by atoms with Crippen molar-refractivity contribution in [2.24, 2.45) is 8.80 Å². The Balaban J connectivity index is 0.000000321. The normalized spacial score (nSPS) is 15.9. The number of isocyanates is 2. The van der Waals surface area contributed by atoms with Gasteiger partial charge in [-0.25, -0.2) is 14.4 Å². The summed E-state index contributed by atoms with van der Waals surface area (Å²) in [6, 6.07) is 0.985. The summed E-state index contributed by atoms with van der Waals surface area (Å²) in [7, 11) is -4.28. The first-order valence-electron chi connectivity index (χ1n) is 6.16. The molecule has 0 saturated carbocycles. The van der Waals surface area contributed by atoms with Crippen molar-refractivity contribution in [1.82, 2.24) is 0 Å². The topological polar surface area (TPSA) is 138 Å². The molecule has 2 rings (SSSR count). The van der Waals surface area contributed by atoms with Gasteiger partial charge in [0.15, 0.2) is 0 Å². The molecule has 1 aliphatic rings. The first kappa shape index (κ1) is 21.5. The van der Waals surface area contributed by atoms with Crippen LogP contribution in [0.1, 0.15) is 16.1 Å². The number of hydrogen-bond donors (Lipinski definition) is 0. The molecule has 1 aromatic rings. The summed E-state index contributed by atoms with van der Waals surface area (Å²) in [5.74, 6) is -1.14. The molecular weight excluding hydrogens is 409 g/mol. The summed E-state index contributed by atoms with van der Waals surface area (Å²) in [5, 5.41) is 1.09. The number of hydrogen-bond acceptors (Lipinski definition) is 9. The zero-order chi connectivity index (χ0) is 19.8. The number of ether oxygens (including phenoxy) is 3. The van der Waals surface area contributed by atoms with Crippen LogP contribution in [-0.4, -0.2) is 45.8 Å². The fraction of sp³-hybridized carbons (Fsp3) is 0.364. The summed E-state index contributed by atoms with van der Waals surface area (Å²) in [6.45, 7) is 0.519. The zero-order valence-electron chi connectivity index (χ0n) is 12.3. The molecule has 15 heteroatoms. The van der Waals surface area contributed by atoms with Crippen molar-refractivity contribution in [3.63, 3.8) is 0 Å². The maximum Gasteiger partial charge on any atom is 0.573 e. The van der Waals surface area contributed by atoms with Crippen LogP contribution >= 0.6 is 11.3 Å². The second kappa shape index (κ2) is 9.22. The predicted molar refractivity (Wildman–Crippen MR) is 75.9 cm³/mol. The summed E-state index contributed by atoms with van der Waals surface area (Å²) in [6.07, 6.45) is -3.34. The summed E-state index contributed by atoms with van der Waals surface area (Å²) in [5.41, 5.74) is 0. The van der Waals surface area contributed by atoms with E-state index < -0.39 is 34.6 Å². The molecule has 1 atom stereocenters. The molecule has 142 valence electrons. The summed E-state index contributed by atoms with van der Waals surface area (Å²) in [4.78, 5) is 29.9. The van der Waals surface area contributed by atoms with Crippen LogP contribution in [0.4, 0.5) is 13.2 Å². The predicted octanol–water partition coefficient (Wildman–Crippen LogP) is 1.45. The van der Waals surface area contributed by atoms with Gasteiger partial charge >= 0.3 is 22.5 Å². The zero-order valence-corrected chi connectivity index (χ0v) is 13.9. The van der Waals surface area contributed by atoms with Gasteiger partial charge in [-0.15, -0.1) is 24.5 Å². The number of alkyl halides is 3. The Morgan fingerprint density at radius 1 is 1.31 bits per heavy atom. The van der Waals surface area contributed by atoms with E-state index in [9.17, 15) is 36.0 Å². The molecule has 1 unspecified atom stereocenters. The molecule has 0 spiro atoms. The SMILES string of the molecule is O=C(OC1CCO1)c1cc(OC(F)(F)F)cs1.O=C=NS(=O)(=O)N=C=O. The number of rotatable bonds is 5. The minimum absolute atomic E-state index is 0.0414. The van der Waals surface area contributed by atoms with Gasteiger partial charge in [0.2, 0.25) is 6.29 Å². The van der Waals surface area contributed by atoms with Crippen LogP contribution in [0.5, 0.6) is 5.75 Å². The molecule has 2 heterocycles. The number of carbonyl (C=O) groups is 1. The van der Waals surface area contributed by atoms with Gasteiger partial charge in [-0.1, -0.05) is 8.80 Å². The number of esters is 1. The third-order valence-corrected chi connectivity index (χ3v) is 3.71. The van der Waals surface area contributed by atoms with Gasteiger partial charge in [0.25, 0.3) is 12.2 Å². The second-order valence-corrected chi connectivity index (χ2v) is 6.17. The quantitative estimate of drug-likeness (QED) is 0.399. The Hall–Kier alpha value is -2.57. The number of halogens is 3. The summed E-state index contributed by atoms with van der Waals surface area (Å²) >= 11 is 0.820. The molecule has 0 amide bonds. The van der Waals surface area contributed by atoms with E-state index in [2.05, 4.69) is 13.5 Å². The molecule has 0 N–H and O–H groups in total. The first-order chi connectivity index (χ1) is 12.1. The van der Waals surface area contributed by atoms with Gasteiger partial charge in [-0.2, -0.15) is 8.42 Å². The van der Waals surface area contributed by atoms with Gasteiger partial charge < -0.3 is 14.2 Å². The third-order valence-electron chi connectivity index (χ3n) is 2.21. The van der Waals surface area contributed by atoms with Crippen LogP contribution < -0.4 is 4.74 Å². The Bertz CT molecular complexity index is 810. The molecule has 0 radical (unpaired) electrons. The molecule has 0 aromatic carbocycles. The smallest absolute Gasteiger partial charge is 0.431 e. The summed E-state index contributed by atoms with van der Waals surface area (Å²) < 4.78 is 73.3. The molecule has 10 nitrogen and oxygen atoms in total. The lowest BCUT2D eigenvalue weighted by Crippen LogP contribution is -2.31. The van der Waals surface area contributed by atoms with Gasteiger partial charge in [0, 0.05) is 17.9 Å². The molecule has 0 bridgehead atoms. The van der Waals surface area contributed by atoms with Gasteiger partial charge in [0.05, 0.1) is 6.61 Å². The average Bonchev–Trinajstić information content (AvgIpc) is 2.89. The minimum Gasteiger partial charge on any atom is -0.431 e. The first-order valence-corrected chi connectivity index (χ1v) is 8.44. The monoisotopic (exact) mass is 416 g/mol. The van der Waals surface area contributed by atoms with Crippen LogP contribution in [0.2, 0.25) is 0 Å². The lowest BCUT2D eigenvalue weighted by molar-refractivity contribution is -0.274. The Morgan fingerprint density at radius 2 is 1.88 bits per heavy atom. The minimum atomic E-state index is -4.76. The van der Waals surface area contributed by atoms with E-state index in [0.717, 1.165) is 22.8 Å². The Kier molecular flexibility index (Phi) is 7.61. The van der Waals surface area contributed by atoms with E-state index in [1.54, 1.807) is 0 Å². The van der Waals surface area contributed by atoms with Crippen molar-refractivity contribution < 1.29 is 50.2 Å². The van der Waals surface area contributed by atoms with E-state index in [-0.39, 0.29) is 4.88 Å². The largest absolute Gasteiger partial charge is 0.573 e. The standard InChI is InChI=1S/C9H7F3O4S.C2N2O4S/c10-9(11,12)16-5-3-6(17-4-5)8(13)15-7-1-2-14-7;5-1-3-9(7,8)4-2-6/h3-4,7H,1-2H2;. The van der Waals surface area contributed by atoms with Crippen LogP contribution in [0, 0.1) is 0 Å². The highest BCUT2D eigenvalue weighted by atomic mass is 32.2. The third kappa shape index (κ3) is 8.00. The van der Waals surface area contributed by atoms with Crippen molar-refractivity contribution in [1.29, 1.82) is 0 Å². The highest BCUT2D eigenvalue weighted by molar-refractivity contribution is 7.89. The molecule has 1 fully saturated rings. The number of thiophene rings is 1. The van der Waals surface area contributed by atoms with Crippen LogP contribution in [0.15, 0.2) is 20.2 Å². The second-order valence-electron chi connectivity index (χ2n) is 4.00. The molecule has 1 aromatic heterocycles. The van der Waals surface area contributed by atoms with Crippen LogP contribution in [-0.2, 0) is 29.3 Å². The lowest BCUT2D eigenvalue weighted by atomic mass is 10.3. The van der Waals surface area contributed by atoms with E-state index in [1.807, 2.05) is 0 Å². The average molecular weight is 416 g/mol. The van der Waals surface area contributed by atoms with Crippen molar-refractivity contribution in [3.8, 4) is 5.75 Å². The van der Waals surface area contributed by atoms with Crippen LogP contribution in [0.25, 0.3) is 0 Å². The number of nitrogens with zero attached hydrogens (tertiary/aromatic N) is 2. The van der Waals surface area contributed by atoms with Gasteiger partial charge in [-0.3, -0.25) is 0 Å². The molecule has 1 saturated heterocycles. The highest BCUT2D eigenvalue weighted by Gasteiger charge is 2.32. The van der Waals surface area contributed by atoms with Gasteiger partial charge in [-0.05, 0) is 0 Å². The Morgan fingerprint density at radius 3 is 2.31 bits per heavy atom. The maximum atomic E-state index is 11.9. The maximum absolute atomic E-state index is 11.9. The van der Waals surface area contributed by atoms with Gasteiger partial charge in [0.1, 0.15) is 10.6 Å². The van der Waals surface area contributed by atoms with E-state index in [0.29, 0.717) is 25.2 Å². The number of carbonyl (C=O) groups excluding carboxylic acids is 3. The van der Waals surface area contributed by atoms with E-state index in [1.165, 1.54) is 0 Å². The molecular formula is C11H7F3N2O8S2. The molecule has 0 aliphatic carbocycles. The van der Waals surface area contributed by atoms with E-state index in [4.69, 9.17) is 9.47 Å². The van der Waals surface area contributed by atoms with Crippen molar-refractivity contribution in [2.75, 3.05) is 6.61 Å². The van der Waals surface area contributed by atoms with Crippen molar-refractivity contribution in [3.05, 3.63) is 16.3 Å². The fourth-order valence-electron chi connectivity index (χ4n) is 1.21. The molecule has 26 heavy (non-hydrogen) atoms. The molecule has 1 aliphatic heterocycles. The van der Waals surface area contributed by atoms with Crippen molar-refractivity contribution in [2.45, 2.75) is 19.1 Å². The Labute approximate surface area is 147 Å². The van der Waals surface area contributed by atoms with Crippen LogP contribution in [0.3, 0.4) is 0 Å². The fourth-order valence-corrected chi connectivity index (χ4v) is 2.13. The van der Waals surface area contributed by atoms with Crippen molar-refractivity contribution >= 4 is 39.7 Å².